The Morgan fingerprint density at radius 1 is 1.42 bits per heavy atom. The molecule has 0 radical (unpaired) electrons. The maximum Gasteiger partial charge on any atom is 0.277 e. The molecule has 0 fully saturated rings. The molecule has 7 nitrogen and oxygen atoms in total. The van der Waals surface area contributed by atoms with Gasteiger partial charge in [-0.2, -0.15) is 0 Å². The number of carbonyl (C=O) groups is 2. The SMILES string of the molecule is CCOc1ccc(Cl)c(C(=O)Nc2nc(C)c(SCC(N)=O)s2)n1. The number of nitrogens with two attached hydrogens (primary N) is 1. The largest absolute Gasteiger partial charge is 0.478 e. The summed E-state index contributed by atoms with van der Waals surface area (Å²) in [5.41, 5.74) is 5.90. The summed E-state index contributed by atoms with van der Waals surface area (Å²) < 4.78 is 6.08. The zero-order valence-corrected chi connectivity index (χ0v) is 15.3. The number of primary amides is 1. The molecule has 2 aromatic rings. The van der Waals surface area contributed by atoms with E-state index >= 15 is 0 Å². The number of nitrogens with zero attached hydrogens (tertiary/aromatic N) is 2. The van der Waals surface area contributed by atoms with E-state index in [-0.39, 0.29) is 16.5 Å². The number of hydrogen-bond acceptors (Lipinski definition) is 7. The summed E-state index contributed by atoms with van der Waals surface area (Å²) in [7, 11) is 0. The van der Waals surface area contributed by atoms with E-state index in [4.69, 9.17) is 22.1 Å². The van der Waals surface area contributed by atoms with E-state index in [0.29, 0.717) is 23.3 Å². The van der Waals surface area contributed by atoms with Crippen molar-refractivity contribution in [2.24, 2.45) is 5.73 Å². The number of aryl methyl sites for hydroxylation is 1. The number of amides is 2. The van der Waals surface area contributed by atoms with Gasteiger partial charge in [0.2, 0.25) is 11.8 Å². The predicted molar refractivity (Wildman–Crippen MR) is 95.1 cm³/mol. The minimum atomic E-state index is -0.484. The molecule has 0 bridgehead atoms. The summed E-state index contributed by atoms with van der Waals surface area (Å²) in [4.78, 5) is 31.6. The first-order valence-corrected chi connectivity index (χ1v) is 9.08. The van der Waals surface area contributed by atoms with Crippen LogP contribution in [0, 0.1) is 6.92 Å². The van der Waals surface area contributed by atoms with Gasteiger partial charge in [-0.25, -0.2) is 9.97 Å². The van der Waals surface area contributed by atoms with Crippen LogP contribution in [0.3, 0.4) is 0 Å². The van der Waals surface area contributed by atoms with E-state index in [1.807, 2.05) is 6.92 Å². The van der Waals surface area contributed by atoms with Crippen molar-refractivity contribution in [1.29, 1.82) is 0 Å². The van der Waals surface area contributed by atoms with Crippen LogP contribution in [0.1, 0.15) is 23.1 Å². The third kappa shape index (κ3) is 4.83. The van der Waals surface area contributed by atoms with Crippen LogP contribution in [0.4, 0.5) is 5.13 Å². The van der Waals surface area contributed by atoms with Crippen LogP contribution in [0.2, 0.25) is 5.02 Å². The average molecular weight is 387 g/mol. The van der Waals surface area contributed by atoms with Gasteiger partial charge in [0.05, 0.1) is 27.3 Å². The lowest BCUT2D eigenvalue weighted by Crippen LogP contribution is -2.14. The van der Waals surface area contributed by atoms with Gasteiger partial charge in [0.15, 0.2) is 10.8 Å². The summed E-state index contributed by atoms with van der Waals surface area (Å²) in [6, 6.07) is 3.14. The number of anilines is 1. The zero-order valence-electron chi connectivity index (χ0n) is 13.0. The first-order chi connectivity index (χ1) is 11.4. The summed E-state index contributed by atoms with van der Waals surface area (Å²) in [5.74, 6) is -0.427. The molecule has 0 atom stereocenters. The Morgan fingerprint density at radius 2 is 2.17 bits per heavy atom. The fourth-order valence-electron chi connectivity index (χ4n) is 1.67. The molecule has 2 aromatic heterocycles. The highest BCUT2D eigenvalue weighted by atomic mass is 35.5. The third-order valence-electron chi connectivity index (χ3n) is 2.65. The number of pyridine rings is 1. The maximum absolute atomic E-state index is 12.4. The molecule has 2 rings (SSSR count). The van der Waals surface area contributed by atoms with Crippen LogP contribution in [0.5, 0.6) is 5.88 Å². The topological polar surface area (TPSA) is 107 Å². The number of thiazole rings is 1. The summed E-state index contributed by atoms with van der Waals surface area (Å²) in [6.45, 7) is 4.04. The van der Waals surface area contributed by atoms with E-state index in [9.17, 15) is 9.59 Å². The van der Waals surface area contributed by atoms with Crippen molar-refractivity contribution in [3.05, 3.63) is 28.5 Å². The first kappa shape index (κ1) is 18.5. The molecule has 0 unspecified atom stereocenters. The number of thioether (sulfide) groups is 1. The smallest absolute Gasteiger partial charge is 0.277 e. The molecular formula is C14H15ClN4O3S2. The van der Waals surface area contributed by atoms with Gasteiger partial charge in [0, 0.05) is 6.07 Å². The van der Waals surface area contributed by atoms with Crippen LogP contribution >= 0.6 is 34.7 Å². The minimum Gasteiger partial charge on any atom is -0.478 e. The van der Waals surface area contributed by atoms with E-state index < -0.39 is 11.8 Å². The van der Waals surface area contributed by atoms with Crippen LogP contribution in [0.25, 0.3) is 0 Å². The van der Waals surface area contributed by atoms with Crippen molar-refractivity contribution in [2.75, 3.05) is 17.7 Å². The normalized spacial score (nSPS) is 10.5. The Morgan fingerprint density at radius 3 is 2.83 bits per heavy atom. The van der Waals surface area contributed by atoms with E-state index in [1.165, 1.54) is 23.1 Å². The molecule has 0 spiro atoms. The van der Waals surface area contributed by atoms with Crippen molar-refractivity contribution in [1.82, 2.24) is 9.97 Å². The third-order valence-corrected chi connectivity index (χ3v) is 5.41. The molecule has 0 aliphatic rings. The van der Waals surface area contributed by atoms with Gasteiger partial charge in [-0.05, 0) is 19.9 Å². The monoisotopic (exact) mass is 386 g/mol. The fourth-order valence-corrected chi connectivity index (χ4v) is 3.74. The molecule has 0 saturated heterocycles. The lowest BCUT2D eigenvalue weighted by atomic mass is 10.3. The average Bonchev–Trinajstić information content (AvgIpc) is 2.87. The highest BCUT2D eigenvalue weighted by Crippen LogP contribution is 2.32. The maximum atomic E-state index is 12.4. The lowest BCUT2D eigenvalue weighted by Gasteiger charge is -2.06. The molecule has 0 saturated carbocycles. The Labute approximate surface area is 152 Å². The van der Waals surface area contributed by atoms with Crippen LogP contribution in [0.15, 0.2) is 16.3 Å². The van der Waals surface area contributed by atoms with Gasteiger partial charge in [-0.1, -0.05) is 22.9 Å². The number of rotatable bonds is 7. The molecule has 128 valence electrons. The van der Waals surface area contributed by atoms with Crippen molar-refractivity contribution < 1.29 is 14.3 Å². The lowest BCUT2D eigenvalue weighted by molar-refractivity contribution is -0.115. The molecule has 2 heterocycles. The molecule has 0 aliphatic carbocycles. The van der Waals surface area contributed by atoms with Crippen molar-refractivity contribution in [3.8, 4) is 5.88 Å². The fraction of sp³-hybridized carbons (Fsp3) is 0.286. The molecule has 0 aromatic carbocycles. The van der Waals surface area contributed by atoms with Gasteiger partial charge in [-0.15, -0.1) is 11.8 Å². The molecule has 0 aliphatic heterocycles. The van der Waals surface area contributed by atoms with Crippen molar-refractivity contribution >= 4 is 51.6 Å². The first-order valence-electron chi connectivity index (χ1n) is 6.90. The molecule has 3 N–H and O–H groups in total. The number of halogens is 1. The summed E-state index contributed by atoms with van der Waals surface area (Å²) in [6.07, 6.45) is 0. The Hall–Kier alpha value is -1.84. The summed E-state index contributed by atoms with van der Waals surface area (Å²) >= 11 is 8.56. The number of hydrogen-bond donors (Lipinski definition) is 2. The molecule has 2 amide bonds. The van der Waals surface area contributed by atoms with E-state index in [0.717, 1.165) is 4.21 Å². The Bertz CT molecular complexity index is 766. The highest BCUT2D eigenvalue weighted by Gasteiger charge is 2.17. The number of ether oxygens (including phenoxy) is 1. The van der Waals surface area contributed by atoms with Gasteiger partial charge in [0.25, 0.3) is 5.91 Å². The van der Waals surface area contributed by atoms with E-state index in [2.05, 4.69) is 15.3 Å². The molecule has 24 heavy (non-hydrogen) atoms. The van der Waals surface area contributed by atoms with Gasteiger partial charge < -0.3 is 10.5 Å². The highest BCUT2D eigenvalue weighted by molar-refractivity contribution is 8.01. The standard InChI is InChI=1S/C14H15ClN4O3S2/c1-3-22-10-5-4-8(15)11(18-10)12(21)19-14-17-7(2)13(24-14)23-6-9(16)20/h4-5H,3,6H2,1-2H3,(H2,16,20)(H,17,19,21). The molecule has 10 heteroatoms. The minimum absolute atomic E-state index is 0.0572. The zero-order chi connectivity index (χ0) is 17.7. The second kappa shape index (κ2) is 8.32. The van der Waals surface area contributed by atoms with Crippen molar-refractivity contribution in [3.63, 3.8) is 0 Å². The van der Waals surface area contributed by atoms with E-state index in [1.54, 1.807) is 19.1 Å². The summed E-state index contributed by atoms with van der Waals surface area (Å²) in [5, 5.41) is 3.26. The predicted octanol–water partition coefficient (Wildman–Crippen LogP) is 2.73. The van der Waals surface area contributed by atoms with Gasteiger partial charge >= 0.3 is 0 Å². The number of carbonyl (C=O) groups excluding carboxylic acids is 2. The Balaban J connectivity index is 2.13. The number of nitrogens with one attached hydrogen (secondary N) is 1. The quantitative estimate of drug-likeness (QED) is 0.708. The van der Waals surface area contributed by atoms with Crippen LogP contribution in [-0.4, -0.2) is 34.1 Å². The second-order valence-corrected chi connectivity index (χ2v) is 7.16. The van der Waals surface area contributed by atoms with Gasteiger partial charge in [-0.3, -0.25) is 14.9 Å². The van der Waals surface area contributed by atoms with Gasteiger partial charge in [0.1, 0.15) is 0 Å². The molecular weight excluding hydrogens is 372 g/mol. The van der Waals surface area contributed by atoms with Crippen molar-refractivity contribution in [2.45, 2.75) is 18.1 Å². The van der Waals surface area contributed by atoms with Crippen LogP contribution in [-0.2, 0) is 4.79 Å². The Kier molecular flexibility index (Phi) is 6.41. The second-order valence-electron chi connectivity index (χ2n) is 4.51. The number of aromatic nitrogens is 2. The van der Waals surface area contributed by atoms with Crippen LogP contribution < -0.4 is 15.8 Å².